The van der Waals surface area contributed by atoms with Crippen LogP contribution in [0.3, 0.4) is 0 Å². The molecule has 0 fully saturated rings. The van der Waals surface area contributed by atoms with Crippen molar-refractivity contribution in [1.82, 2.24) is 4.98 Å². The largest absolute Gasteiger partial charge is 0.392 e. The fraction of sp³-hybridized carbons (Fsp3) is 0.643. The van der Waals surface area contributed by atoms with Gasteiger partial charge in [0, 0.05) is 38.1 Å². The van der Waals surface area contributed by atoms with Crippen LogP contribution >= 0.6 is 0 Å². The number of anilines is 1. The number of aliphatic hydroxyl groups is 1. The minimum absolute atomic E-state index is 0.0110. The summed E-state index contributed by atoms with van der Waals surface area (Å²) in [7, 11) is 0. The van der Waals surface area contributed by atoms with Crippen molar-refractivity contribution >= 4 is 5.82 Å². The molecule has 0 aliphatic heterocycles. The summed E-state index contributed by atoms with van der Waals surface area (Å²) in [6.45, 7) is 8.12. The predicted molar refractivity (Wildman–Crippen MR) is 75.4 cm³/mol. The van der Waals surface area contributed by atoms with Gasteiger partial charge in [0.25, 0.3) is 0 Å². The molecule has 19 heavy (non-hydrogen) atoms. The quantitative estimate of drug-likeness (QED) is 0.651. The van der Waals surface area contributed by atoms with Crippen molar-refractivity contribution in [3.63, 3.8) is 0 Å². The van der Waals surface area contributed by atoms with Gasteiger partial charge in [0.05, 0.1) is 19.8 Å². The molecule has 0 radical (unpaired) electrons. The van der Waals surface area contributed by atoms with Gasteiger partial charge >= 0.3 is 0 Å². The predicted octanol–water partition coefficient (Wildman–Crippen LogP) is 1.45. The zero-order chi connectivity index (χ0) is 13.9. The van der Waals surface area contributed by atoms with Crippen LogP contribution in [0.1, 0.15) is 19.4 Å². The van der Waals surface area contributed by atoms with Crippen molar-refractivity contribution < 1.29 is 14.6 Å². The van der Waals surface area contributed by atoms with Gasteiger partial charge in [0.2, 0.25) is 0 Å². The molecule has 1 aromatic rings. The number of hydrogen-bond acceptors (Lipinski definition) is 5. The van der Waals surface area contributed by atoms with Crippen LogP contribution in [0.4, 0.5) is 5.82 Å². The standard InChI is InChI=1S/C14H24N2O3/c1-3-18-10-8-16(9-11-19-4-2)14-13(12-17)6-5-7-15-14/h5-7,17H,3-4,8-12H2,1-2H3. The zero-order valence-corrected chi connectivity index (χ0v) is 11.8. The van der Waals surface area contributed by atoms with Crippen LogP contribution in [0.25, 0.3) is 0 Å². The van der Waals surface area contributed by atoms with Crippen LogP contribution in [0.15, 0.2) is 18.3 Å². The molecule has 0 atom stereocenters. The lowest BCUT2D eigenvalue weighted by Crippen LogP contribution is -2.32. The van der Waals surface area contributed by atoms with Crippen molar-refractivity contribution in [3.05, 3.63) is 23.9 Å². The van der Waals surface area contributed by atoms with Gasteiger partial charge in [-0.1, -0.05) is 6.07 Å². The fourth-order valence-corrected chi connectivity index (χ4v) is 1.80. The Labute approximate surface area is 115 Å². The molecule has 0 bridgehead atoms. The summed E-state index contributed by atoms with van der Waals surface area (Å²) in [5.74, 6) is 0.810. The molecule has 0 amide bonds. The SMILES string of the molecule is CCOCCN(CCOCC)c1ncccc1CO. The first kappa shape index (κ1) is 15.9. The molecule has 5 heteroatoms. The van der Waals surface area contributed by atoms with Crippen LogP contribution in [0.5, 0.6) is 0 Å². The highest BCUT2D eigenvalue weighted by Crippen LogP contribution is 2.16. The molecule has 0 saturated heterocycles. The number of aromatic nitrogens is 1. The second-order valence-corrected chi connectivity index (χ2v) is 4.03. The van der Waals surface area contributed by atoms with E-state index in [4.69, 9.17) is 9.47 Å². The lowest BCUT2D eigenvalue weighted by Gasteiger charge is -2.25. The van der Waals surface area contributed by atoms with E-state index >= 15 is 0 Å². The van der Waals surface area contributed by atoms with E-state index < -0.39 is 0 Å². The molecule has 1 aromatic heterocycles. The highest BCUT2D eigenvalue weighted by Gasteiger charge is 2.11. The van der Waals surface area contributed by atoms with Crippen LogP contribution in [-0.2, 0) is 16.1 Å². The molecular formula is C14H24N2O3. The Morgan fingerprint density at radius 3 is 2.32 bits per heavy atom. The van der Waals surface area contributed by atoms with Crippen LogP contribution in [-0.4, -0.2) is 49.6 Å². The van der Waals surface area contributed by atoms with Crippen LogP contribution in [0, 0.1) is 0 Å². The summed E-state index contributed by atoms with van der Waals surface area (Å²) in [6.07, 6.45) is 1.74. The van der Waals surface area contributed by atoms with Gasteiger partial charge in [-0.2, -0.15) is 0 Å². The van der Waals surface area contributed by atoms with Crippen molar-refractivity contribution in [2.24, 2.45) is 0 Å². The van der Waals surface area contributed by atoms with Gasteiger partial charge in [-0.15, -0.1) is 0 Å². The summed E-state index contributed by atoms with van der Waals surface area (Å²) in [6, 6.07) is 3.72. The van der Waals surface area contributed by atoms with Crippen molar-refractivity contribution in [1.29, 1.82) is 0 Å². The van der Waals surface area contributed by atoms with E-state index in [0.717, 1.165) is 24.5 Å². The maximum absolute atomic E-state index is 9.38. The molecule has 1 heterocycles. The fourth-order valence-electron chi connectivity index (χ4n) is 1.80. The van der Waals surface area contributed by atoms with Gasteiger partial charge in [-0.3, -0.25) is 0 Å². The maximum atomic E-state index is 9.38. The molecule has 0 aliphatic carbocycles. The molecule has 0 aliphatic rings. The Bertz CT molecular complexity index is 337. The molecule has 0 saturated carbocycles. The second-order valence-electron chi connectivity index (χ2n) is 4.03. The minimum atomic E-state index is -0.0110. The van der Waals surface area contributed by atoms with Gasteiger partial charge in [-0.25, -0.2) is 4.98 Å². The van der Waals surface area contributed by atoms with Crippen molar-refractivity contribution in [3.8, 4) is 0 Å². The third kappa shape index (κ3) is 5.55. The lowest BCUT2D eigenvalue weighted by atomic mass is 10.2. The molecular weight excluding hydrogens is 244 g/mol. The van der Waals surface area contributed by atoms with Crippen molar-refractivity contribution in [2.75, 3.05) is 44.4 Å². The average molecular weight is 268 g/mol. The third-order valence-electron chi connectivity index (χ3n) is 2.76. The number of rotatable bonds is 10. The molecule has 0 aromatic carbocycles. The third-order valence-corrected chi connectivity index (χ3v) is 2.76. The first-order chi connectivity index (χ1) is 9.33. The Morgan fingerprint density at radius 2 is 1.79 bits per heavy atom. The Balaban J connectivity index is 2.69. The van der Waals surface area contributed by atoms with E-state index in [1.165, 1.54) is 0 Å². The molecule has 1 N–H and O–H groups in total. The number of pyridine rings is 1. The average Bonchev–Trinajstić information content (AvgIpc) is 2.46. The van der Waals surface area contributed by atoms with E-state index in [0.29, 0.717) is 26.4 Å². The molecule has 0 spiro atoms. The molecule has 108 valence electrons. The summed E-state index contributed by atoms with van der Waals surface area (Å²) in [5, 5.41) is 9.38. The van der Waals surface area contributed by atoms with Crippen LogP contribution < -0.4 is 4.90 Å². The van der Waals surface area contributed by atoms with E-state index in [1.54, 1.807) is 6.20 Å². The number of nitrogens with zero attached hydrogens (tertiary/aromatic N) is 2. The second kappa shape index (κ2) is 9.72. The first-order valence-electron chi connectivity index (χ1n) is 6.78. The number of hydrogen-bond donors (Lipinski definition) is 1. The van der Waals surface area contributed by atoms with Gasteiger partial charge < -0.3 is 19.5 Å². The van der Waals surface area contributed by atoms with Crippen molar-refractivity contribution in [2.45, 2.75) is 20.5 Å². The summed E-state index contributed by atoms with van der Waals surface area (Å²) in [5.41, 5.74) is 0.829. The highest BCUT2D eigenvalue weighted by atomic mass is 16.5. The summed E-state index contributed by atoms with van der Waals surface area (Å²) < 4.78 is 10.8. The number of aliphatic hydroxyl groups excluding tert-OH is 1. The summed E-state index contributed by atoms with van der Waals surface area (Å²) in [4.78, 5) is 6.46. The van der Waals surface area contributed by atoms with E-state index in [-0.39, 0.29) is 6.61 Å². The topological polar surface area (TPSA) is 54.8 Å². The molecule has 0 unspecified atom stereocenters. The number of ether oxygens (including phenoxy) is 2. The highest BCUT2D eigenvalue weighted by molar-refractivity contribution is 5.46. The zero-order valence-electron chi connectivity index (χ0n) is 11.8. The minimum Gasteiger partial charge on any atom is -0.392 e. The molecule has 5 nitrogen and oxygen atoms in total. The lowest BCUT2D eigenvalue weighted by molar-refractivity contribution is 0.141. The van der Waals surface area contributed by atoms with Crippen LogP contribution in [0.2, 0.25) is 0 Å². The summed E-state index contributed by atoms with van der Waals surface area (Å²) >= 11 is 0. The Hall–Kier alpha value is -1.17. The van der Waals surface area contributed by atoms with Gasteiger partial charge in [0.15, 0.2) is 0 Å². The smallest absolute Gasteiger partial charge is 0.134 e. The maximum Gasteiger partial charge on any atom is 0.134 e. The molecule has 1 rings (SSSR count). The normalized spacial score (nSPS) is 10.7. The Morgan fingerprint density at radius 1 is 1.16 bits per heavy atom. The van der Waals surface area contributed by atoms with E-state index in [9.17, 15) is 5.11 Å². The van der Waals surface area contributed by atoms with Gasteiger partial charge in [0.1, 0.15) is 5.82 Å². The van der Waals surface area contributed by atoms with Gasteiger partial charge in [-0.05, 0) is 19.9 Å². The Kier molecular flexibility index (Phi) is 8.13. The van der Waals surface area contributed by atoms with E-state index in [2.05, 4.69) is 9.88 Å². The monoisotopic (exact) mass is 268 g/mol. The first-order valence-corrected chi connectivity index (χ1v) is 6.78. The van der Waals surface area contributed by atoms with E-state index in [1.807, 2.05) is 26.0 Å².